The maximum Gasteiger partial charge on any atom is 0.328 e. The molecule has 31 heavy (non-hydrogen) atoms. The second kappa shape index (κ2) is 7.88. The van der Waals surface area contributed by atoms with Gasteiger partial charge in [0.15, 0.2) is 6.04 Å². The summed E-state index contributed by atoms with van der Waals surface area (Å²) >= 11 is 0. The molecule has 0 bridgehead atoms. The van der Waals surface area contributed by atoms with Gasteiger partial charge in [0, 0.05) is 12.1 Å². The van der Waals surface area contributed by atoms with Crippen LogP contribution in [-0.4, -0.2) is 50.1 Å². The number of benzene rings is 1. The minimum atomic E-state index is -1.28. The van der Waals surface area contributed by atoms with E-state index in [1.54, 1.807) is 0 Å². The average molecular weight is 435 g/mol. The average Bonchev–Trinajstić information content (AvgIpc) is 3.05. The zero-order valence-electron chi connectivity index (χ0n) is 17.6. The Morgan fingerprint density at radius 3 is 2.03 bits per heavy atom. The second-order valence-electron chi connectivity index (χ2n) is 9.18. The molecule has 2 fully saturated rings. The fraction of sp³-hybridized carbons (Fsp3) is 0.600. The van der Waals surface area contributed by atoms with Crippen molar-refractivity contribution in [3.05, 3.63) is 44.0 Å². The van der Waals surface area contributed by atoms with Crippen LogP contribution in [0, 0.1) is 31.6 Å². The molecule has 11 nitrogen and oxygen atoms in total. The summed E-state index contributed by atoms with van der Waals surface area (Å²) in [5.74, 6) is -1.73. The predicted octanol–water partition coefficient (Wildman–Crippen LogP) is 3.36. The highest BCUT2D eigenvalue weighted by Crippen LogP contribution is 2.47. The number of rotatable bonds is 4. The molecule has 1 saturated heterocycles. The number of carboxylic acids is 1. The third kappa shape index (κ3) is 4.22. The summed E-state index contributed by atoms with van der Waals surface area (Å²) in [6.07, 6.45) is 2.27. The highest BCUT2D eigenvalue weighted by atomic mass is 16.6. The van der Waals surface area contributed by atoms with Gasteiger partial charge in [0.2, 0.25) is 0 Å². The number of amides is 1. The molecule has 1 N–H and O–H groups in total. The summed E-state index contributed by atoms with van der Waals surface area (Å²) in [5, 5.41) is 32.1. The summed E-state index contributed by atoms with van der Waals surface area (Å²) in [6, 6.07) is 1.34. The Labute approximate surface area is 178 Å². The molecule has 1 aliphatic carbocycles. The number of carbonyl (C=O) groups excluding carboxylic acids is 1. The Bertz CT molecular complexity index is 899. The molecule has 1 aliphatic heterocycles. The van der Waals surface area contributed by atoms with Crippen LogP contribution in [0.5, 0.6) is 0 Å². The van der Waals surface area contributed by atoms with Gasteiger partial charge in [-0.05, 0) is 37.0 Å². The van der Waals surface area contributed by atoms with Gasteiger partial charge in [0.1, 0.15) is 5.72 Å². The number of nitrogens with zero attached hydrogens (tertiary/aromatic N) is 3. The molecular weight excluding hydrogens is 410 g/mol. The van der Waals surface area contributed by atoms with Crippen molar-refractivity contribution in [1.82, 2.24) is 4.90 Å². The van der Waals surface area contributed by atoms with Crippen LogP contribution in [0.15, 0.2) is 18.2 Å². The topological polar surface area (TPSA) is 153 Å². The first kappa shape index (κ1) is 22.6. The van der Waals surface area contributed by atoms with Crippen molar-refractivity contribution in [2.24, 2.45) is 11.3 Å². The van der Waals surface area contributed by atoms with Crippen molar-refractivity contribution in [3.63, 3.8) is 0 Å². The molecule has 1 heterocycles. The zero-order valence-corrected chi connectivity index (χ0v) is 17.6. The molecule has 1 spiro atoms. The number of nitro benzene ring substituents is 2. The Kier molecular flexibility index (Phi) is 5.74. The summed E-state index contributed by atoms with van der Waals surface area (Å²) in [4.78, 5) is 47.1. The van der Waals surface area contributed by atoms with Crippen LogP contribution in [0.3, 0.4) is 0 Å². The molecule has 0 aromatic heterocycles. The van der Waals surface area contributed by atoms with Crippen LogP contribution < -0.4 is 0 Å². The molecule has 1 aromatic carbocycles. The SMILES string of the molecule is CC(C)(C)C1CCC2(CC1)OC[C@H](C(=O)O)N2C(=O)c1cc([N+](=O)[O-])cc([N+](=O)[O-])c1. The highest BCUT2D eigenvalue weighted by Gasteiger charge is 2.55. The Balaban J connectivity index is 2.01. The number of hydrogen-bond donors (Lipinski definition) is 1. The molecule has 1 amide bonds. The van der Waals surface area contributed by atoms with Gasteiger partial charge in [-0.2, -0.15) is 0 Å². The van der Waals surface area contributed by atoms with Crippen LogP contribution in [0.1, 0.15) is 56.8 Å². The number of ether oxygens (including phenoxy) is 1. The van der Waals surface area contributed by atoms with Gasteiger partial charge in [0.05, 0.1) is 28.1 Å². The van der Waals surface area contributed by atoms with Crippen LogP contribution >= 0.6 is 0 Å². The first-order valence-corrected chi connectivity index (χ1v) is 10.00. The van der Waals surface area contributed by atoms with E-state index in [9.17, 15) is 34.9 Å². The van der Waals surface area contributed by atoms with Crippen LogP contribution in [0.4, 0.5) is 11.4 Å². The van der Waals surface area contributed by atoms with E-state index in [0.717, 1.165) is 23.1 Å². The number of hydrogen-bond acceptors (Lipinski definition) is 7. The van der Waals surface area contributed by atoms with Gasteiger partial charge in [0.25, 0.3) is 17.3 Å². The molecule has 0 unspecified atom stereocenters. The molecule has 11 heteroatoms. The molecule has 168 valence electrons. The zero-order chi connectivity index (χ0) is 23.1. The van der Waals surface area contributed by atoms with E-state index in [0.29, 0.717) is 31.6 Å². The van der Waals surface area contributed by atoms with Crippen LogP contribution in [0.2, 0.25) is 0 Å². The minimum Gasteiger partial charge on any atom is -0.480 e. The third-order valence-corrected chi connectivity index (χ3v) is 6.33. The standard InChI is InChI=1S/C20H25N3O8/c1-19(2,3)13-4-6-20(7-5-13)21(16(11-31-20)18(25)26)17(24)12-8-14(22(27)28)10-15(9-12)23(29)30/h8-10,13,16H,4-7,11H2,1-3H3,(H,25,26)/t13?,16-,20?/m1/s1. The van der Waals surface area contributed by atoms with E-state index >= 15 is 0 Å². The summed E-state index contributed by atoms with van der Waals surface area (Å²) in [7, 11) is 0. The number of aliphatic carboxylic acids is 1. The predicted molar refractivity (Wildman–Crippen MR) is 107 cm³/mol. The largest absolute Gasteiger partial charge is 0.480 e. The molecule has 3 rings (SSSR count). The number of nitro groups is 2. The first-order chi connectivity index (χ1) is 14.4. The lowest BCUT2D eigenvalue weighted by Crippen LogP contribution is -2.55. The second-order valence-corrected chi connectivity index (χ2v) is 9.18. The van der Waals surface area contributed by atoms with Crippen LogP contribution in [0.25, 0.3) is 0 Å². The smallest absolute Gasteiger partial charge is 0.328 e. The molecule has 1 atom stereocenters. The molecule has 0 radical (unpaired) electrons. The Hall–Kier alpha value is -3.08. The van der Waals surface area contributed by atoms with E-state index in [1.807, 2.05) is 0 Å². The highest BCUT2D eigenvalue weighted by molar-refractivity contribution is 5.98. The number of carbonyl (C=O) groups is 2. The van der Waals surface area contributed by atoms with Gasteiger partial charge in [-0.15, -0.1) is 0 Å². The lowest BCUT2D eigenvalue weighted by molar-refractivity contribution is -0.394. The van der Waals surface area contributed by atoms with Crippen molar-refractivity contribution in [2.75, 3.05) is 6.61 Å². The van der Waals surface area contributed by atoms with Crippen molar-refractivity contribution >= 4 is 23.3 Å². The third-order valence-electron chi connectivity index (χ3n) is 6.33. The van der Waals surface area contributed by atoms with E-state index < -0.39 is 44.9 Å². The fourth-order valence-electron chi connectivity index (χ4n) is 4.56. The Morgan fingerprint density at radius 2 is 1.61 bits per heavy atom. The minimum absolute atomic E-state index is 0.0436. The van der Waals surface area contributed by atoms with Crippen molar-refractivity contribution in [3.8, 4) is 0 Å². The molecule has 1 aromatic rings. The van der Waals surface area contributed by atoms with E-state index in [1.165, 1.54) is 0 Å². The van der Waals surface area contributed by atoms with Gasteiger partial charge in [-0.3, -0.25) is 29.9 Å². The van der Waals surface area contributed by atoms with Crippen molar-refractivity contribution in [1.29, 1.82) is 0 Å². The number of carboxylic acid groups (broad SMARTS) is 1. The maximum atomic E-state index is 13.4. The summed E-state index contributed by atoms with van der Waals surface area (Å²) in [5.41, 5.74) is -2.65. The lowest BCUT2D eigenvalue weighted by Gasteiger charge is -2.46. The van der Waals surface area contributed by atoms with Gasteiger partial charge in [-0.1, -0.05) is 20.8 Å². The maximum absolute atomic E-state index is 13.4. The molecule has 2 aliphatic rings. The van der Waals surface area contributed by atoms with Crippen LogP contribution in [-0.2, 0) is 9.53 Å². The Morgan fingerprint density at radius 1 is 1.10 bits per heavy atom. The van der Waals surface area contributed by atoms with Gasteiger partial charge < -0.3 is 9.84 Å². The first-order valence-electron chi connectivity index (χ1n) is 10.00. The number of non-ortho nitro benzene ring substituents is 2. The quantitative estimate of drug-likeness (QED) is 0.558. The summed E-state index contributed by atoms with van der Waals surface area (Å²) in [6.45, 7) is 6.15. The summed E-state index contributed by atoms with van der Waals surface area (Å²) < 4.78 is 5.88. The fourth-order valence-corrected chi connectivity index (χ4v) is 4.56. The van der Waals surface area contributed by atoms with Crippen molar-refractivity contribution < 1.29 is 29.3 Å². The van der Waals surface area contributed by atoms with E-state index in [2.05, 4.69) is 20.8 Å². The monoisotopic (exact) mass is 435 g/mol. The van der Waals surface area contributed by atoms with E-state index in [-0.39, 0.29) is 17.6 Å². The van der Waals surface area contributed by atoms with Crippen molar-refractivity contribution in [2.45, 2.75) is 58.2 Å². The molecular formula is C20H25N3O8. The van der Waals surface area contributed by atoms with Gasteiger partial charge >= 0.3 is 5.97 Å². The van der Waals surface area contributed by atoms with Gasteiger partial charge in [-0.25, -0.2) is 4.79 Å². The normalized spacial score (nSPS) is 26.1. The molecule has 1 saturated carbocycles. The van der Waals surface area contributed by atoms with E-state index in [4.69, 9.17) is 4.74 Å². The lowest BCUT2D eigenvalue weighted by atomic mass is 9.70.